The highest BCUT2D eigenvalue weighted by Gasteiger charge is 2.35. The Labute approximate surface area is 120 Å². The fourth-order valence-electron chi connectivity index (χ4n) is 3.40. The van der Waals surface area contributed by atoms with Crippen molar-refractivity contribution in [2.45, 2.75) is 44.4 Å². The van der Waals surface area contributed by atoms with Gasteiger partial charge in [0.2, 0.25) is 0 Å². The maximum atomic E-state index is 6.13. The molecule has 2 saturated heterocycles. The first-order valence-electron chi connectivity index (χ1n) is 7.70. The Hall–Kier alpha value is -0.980. The van der Waals surface area contributed by atoms with Crippen LogP contribution >= 0.6 is 0 Å². The van der Waals surface area contributed by atoms with Crippen molar-refractivity contribution in [3.63, 3.8) is 0 Å². The molecule has 112 valence electrons. The predicted molar refractivity (Wildman–Crippen MR) is 76.5 cm³/mol. The van der Waals surface area contributed by atoms with Crippen LogP contribution in [0.5, 0.6) is 0 Å². The standard InChI is InChI=1S/C14H25N5O/c1-3-15-13(7-11-8-18(2)17-16-11)14-9-19-6-4-5-12(19)10-20-14/h8,12-15H,3-7,9-10H2,1-2H3. The van der Waals surface area contributed by atoms with Gasteiger partial charge in [-0.3, -0.25) is 9.58 Å². The van der Waals surface area contributed by atoms with Crippen molar-refractivity contribution in [3.8, 4) is 0 Å². The highest BCUT2D eigenvalue weighted by molar-refractivity contribution is 5.00. The number of hydrogen-bond acceptors (Lipinski definition) is 5. The molecule has 2 aliphatic rings. The number of aryl methyl sites for hydroxylation is 1. The van der Waals surface area contributed by atoms with E-state index >= 15 is 0 Å². The van der Waals surface area contributed by atoms with Crippen molar-refractivity contribution in [2.75, 3.05) is 26.2 Å². The molecule has 2 fully saturated rings. The van der Waals surface area contributed by atoms with Gasteiger partial charge in [-0.25, -0.2) is 0 Å². The third-order valence-electron chi connectivity index (χ3n) is 4.41. The lowest BCUT2D eigenvalue weighted by molar-refractivity contribution is -0.0643. The van der Waals surface area contributed by atoms with Crippen LogP contribution in [0.2, 0.25) is 0 Å². The highest BCUT2D eigenvalue weighted by Crippen LogP contribution is 2.24. The molecular formula is C14H25N5O. The smallest absolute Gasteiger partial charge is 0.0859 e. The normalized spacial score (nSPS) is 28.5. The molecule has 0 aliphatic carbocycles. The van der Waals surface area contributed by atoms with Gasteiger partial charge in [-0.1, -0.05) is 12.1 Å². The third kappa shape index (κ3) is 3.02. The topological polar surface area (TPSA) is 55.2 Å². The second-order valence-electron chi connectivity index (χ2n) is 5.91. The molecule has 0 saturated carbocycles. The van der Waals surface area contributed by atoms with E-state index in [9.17, 15) is 0 Å². The molecular weight excluding hydrogens is 254 g/mol. The first-order chi connectivity index (χ1) is 9.76. The van der Waals surface area contributed by atoms with Gasteiger partial charge in [0.15, 0.2) is 0 Å². The Morgan fingerprint density at radius 3 is 3.20 bits per heavy atom. The molecule has 0 bridgehead atoms. The molecule has 1 aromatic heterocycles. The third-order valence-corrected chi connectivity index (χ3v) is 4.41. The largest absolute Gasteiger partial charge is 0.374 e. The van der Waals surface area contributed by atoms with Crippen LogP contribution in [0.1, 0.15) is 25.5 Å². The number of likely N-dealkylation sites (N-methyl/N-ethyl adjacent to an activating group) is 1. The van der Waals surface area contributed by atoms with Crippen LogP contribution in [0.15, 0.2) is 6.20 Å². The van der Waals surface area contributed by atoms with Crippen LogP contribution in [0.4, 0.5) is 0 Å². The Bertz CT molecular complexity index is 435. The van der Waals surface area contributed by atoms with Crippen molar-refractivity contribution in [1.29, 1.82) is 0 Å². The van der Waals surface area contributed by atoms with Crippen LogP contribution < -0.4 is 5.32 Å². The molecule has 0 spiro atoms. The molecule has 6 nitrogen and oxygen atoms in total. The number of nitrogens with one attached hydrogen (secondary N) is 1. The summed E-state index contributed by atoms with van der Waals surface area (Å²) in [6.07, 6.45) is 5.74. The molecule has 3 rings (SSSR count). The van der Waals surface area contributed by atoms with Gasteiger partial charge in [0.1, 0.15) is 0 Å². The molecule has 3 heterocycles. The van der Waals surface area contributed by atoms with Gasteiger partial charge in [0, 0.05) is 38.3 Å². The summed E-state index contributed by atoms with van der Waals surface area (Å²) in [4.78, 5) is 2.59. The molecule has 6 heteroatoms. The number of nitrogens with zero attached hydrogens (tertiary/aromatic N) is 4. The van der Waals surface area contributed by atoms with E-state index in [1.165, 1.54) is 19.4 Å². The zero-order valence-electron chi connectivity index (χ0n) is 12.5. The SMILES string of the molecule is CCNC(Cc1cn(C)nn1)C1CN2CCCC2CO1. The monoisotopic (exact) mass is 279 g/mol. The van der Waals surface area contributed by atoms with Crippen molar-refractivity contribution in [2.24, 2.45) is 7.05 Å². The summed E-state index contributed by atoms with van der Waals surface area (Å²) < 4.78 is 7.89. The maximum absolute atomic E-state index is 6.13. The van der Waals surface area contributed by atoms with E-state index in [1.807, 2.05) is 13.2 Å². The summed E-state index contributed by atoms with van der Waals surface area (Å²) in [5.74, 6) is 0. The number of rotatable bonds is 5. The number of aromatic nitrogens is 3. The number of ether oxygens (including phenoxy) is 1. The van der Waals surface area contributed by atoms with Crippen molar-refractivity contribution in [3.05, 3.63) is 11.9 Å². The minimum absolute atomic E-state index is 0.256. The summed E-state index contributed by atoms with van der Waals surface area (Å²) in [6, 6.07) is 0.975. The van der Waals surface area contributed by atoms with E-state index in [1.54, 1.807) is 4.68 Å². The minimum Gasteiger partial charge on any atom is -0.374 e. The van der Waals surface area contributed by atoms with Crippen LogP contribution in [-0.4, -0.2) is 64.3 Å². The van der Waals surface area contributed by atoms with Crippen LogP contribution in [0.25, 0.3) is 0 Å². The second kappa shape index (κ2) is 6.20. The Balaban J connectivity index is 1.63. The average molecular weight is 279 g/mol. The van der Waals surface area contributed by atoms with Gasteiger partial charge in [0.25, 0.3) is 0 Å². The zero-order valence-corrected chi connectivity index (χ0v) is 12.5. The van der Waals surface area contributed by atoms with E-state index in [0.717, 1.165) is 31.8 Å². The second-order valence-corrected chi connectivity index (χ2v) is 5.91. The molecule has 2 aliphatic heterocycles. The molecule has 0 aromatic carbocycles. The molecule has 20 heavy (non-hydrogen) atoms. The molecule has 3 unspecified atom stereocenters. The van der Waals surface area contributed by atoms with E-state index < -0.39 is 0 Å². The van der Waals surface area contributed by atoms with Gasteiger partial charge in [-0.05, 0) is 25.9 Å². The lowest BCUT2D eigenvalue weighted by atomic mass is 10.0. The number of fused-ring (bicyclic) bond motifs is 1. The molecule has 0 amide bonds. The maximum Gasteiger partial charge on any atom is 0.0859 e. The molecule has 1 aromatic rings. The summed E-state index contributed by atoms with van der Waals surface area (Å²) in [5, 5.41) is 11.8. The zero-order chi connectivity index (χ0) is 13.9. The summed E-state index contributed by atoms with van der Waals surface area (Å²) >= 11 is 0. The number of hydrogen-bond donors (Lipinski definition) is 1. The van der Waals surface area contributed by atoms with Gasteiger partial charge >= 0.3 is 0 Å². The lowest BCUT2D eigenvalue weighted by Crippen LogP contribution is -2.54. The lowest BCUT2D eigenvalue weighted by Gasteiger charge is -2.39. The van der Waals surface area contributed by atoms with E-state index in [4.69, 9.17) is 4.74 Å². The van der Waals surface area contributed by atoms with Gasteiger partial charge in [-0.2, -0.15) is 0 Å². The van der Waals surface area contributed by atoms with Gasteiger partial charge in [0.05, 0.1) is 18.4 Å². The fourth-order valence-corrected chi connectivity index (χ4v) is 3.40. The number of morpholine rings is 1. The van der Waals surface area contributed by atoms with E-state index in [0.29, 0.717) is 12.1 Å². The van der Waals surface area contributed by atoms with E-state index in [-0.39, 0.29) is 6.10 Å². The Morgan fingerprint density at radius 1 is 1.55 bits per heavy atom. The molecule has 3 atom stereocenters. The van der Waals surface area contributed by atoms with Gasteiger partial charge < -0.3 is 10.1 Å². The van der Waals surface area contributed by atoms with Crippen LogP contribution in [0, 0.1) is 0 Å². The van der Waals surface area contributed by atoms with Crippen molar-refractivity contribution < 1.29 is 4.74 Å². The van der Waals surface area contributed by atoms with Gasteiger partial charge in [-0.15, -0.1) is 5.10 Å². The Kier molecular flexibility index (Phi) is 4.33. The minimum atomic E-state index is 0.256. The van der Waals surface area contributed by atoms with Crippen molar-refractivity contribution >= 4 is 0 Å². The highest BCUT2D eigenvalue weighted by atomic mass is 16.5. The molecule has 1 N–H and O–H groups in total. The van der Waals surface area contributed by atoms with Crippen LogP contribution in [0.3, 0.4) is 0 Å². The quantitative estimate of drug-likeness (QED) is 0.834. The molecule has 0 radical (unpaired) electrons. The average Bonchev–Trinajstić information content (AvgIpc) is 3.06. The predicted octanol–water partition coefficient (Wildman–Crippen LogP) is 0.199. The van der Waals surface area contributed by atoms with Crippen molar-refractivity contribution in [1.82, 2.24) is 25.2 Å². The van der Waals surface area contributed by atoms with E-state index in [2.05, 4.69) is 27.5 Å². The fraction of sp³-hybridized carbons (Fsp3) is 0.857. The summed E-state index contributed by atoms with van der Waals surface area (Å²) in [7, 11) is 1.91. The van der Waals surface area contributed by atoms with Crippen LogP contribution in [-0.2, 0) is 18.2 Å². The first-order valence-corrected chi connectivity index (χ1v) is 7.70. The summed E-state index contributed by atoms with van der Waals surface area (Å²) in [6.45, 7) is 6.25. The Morgan fingerprint density at radius 2 is 2.45 bits per heavy atom. The first kappa shape index (κ1) is 14.0. The summed E-state index contributed by atoms with van der Waals surface area (Å²) in [5.41, 5.74) is 1.03.